The molecule has 0 rings (SSSR count). The van der Waals surface area contributed by atoms with Gasteiger partial charge in [-0.25, -0.2) is 0 Å². The summed E-state index contributed by atoms with van der Waals surface area (Å²) in [6.07, 6.45) is 7.64. The predicted octanol–water partition coefficient (Wildman–Crippen LogP) is 5.14. The summed E-state index contributed by atoms with van der Waals surface area (Å²) in [4.78, 5) is 12.2. The fourth-order valence-electron chi connectivity index (χ4n) is 1.60. The molecule has 1 N–H and O–H groups in total. The molecule has 0 aromatic heterocycles. The second-order valence-electron chi connectivity index (χ2n) is 5.89. The number of nitrogens with one attached hydrogen (secondary N) is 1. The van der Waals surface area contributed by atoms with Gasteiger partial charge < -0.3 is 5.32 Å². The Labute approximate surface area is 132 Å². The molecule has 0 aliphatic rings. The number of carbonyl (C=O) groups is 1. The summed E-state index contributed by atoms with van der Waals surface area (Å²) in [6, 6.07) is 0. The molecule has 1 amide bonds. The Morgan fingerprint density at radius 3 is 2.14 bits per heavy atom. The predicted molar refractivity (Wildman–Crippen MR) is 95.2 cm³/mol. The van der Waals surface area contributed by atoms with E-state index >= 15 is 0 Å². The van der Waals surface area contributed by atoms with Crippen molar-refractivity contribution in [3.05, 3.63) is 36.5 Å². The van der Waals surface area contributed by atoms with E-state index in [4.69, 9.17) is 0 Å². The molecule has 0 saturated heterocycles. The van der Waals surface area contributed by atoms with Crippen LogP contribution in [0.4, 0.5) is 0 Å². The molecule has 0 heterocycles. The number of hydrogen-bond donors (Lipinski definition) is 1. The smallest absolute Gasteiger partial charge is 0.223 e. The maximum absolute atomic E-state index is 12.2. The summed E-state index contributed by atoms with van der Waals surface area (Å²) >= 11 is 0. The van der Waals surface area contributed by atoms with Crippen molar-refractivity contribution in [3.63, 3.8) is 0 Å². The quantitative estimate of drug-likeness (QED) is 0.647. The lowest BCUT2D eigenvalue weighted by atomic mass is 9.71. The van der Waals surface area contributed by atoms with Gasteiger partial charge in [-0.05, 0) is 23.8 Å². The van der Waals surface area contributed by atoms with E-state index in [9.17, 15) is 4.79 Å². The maximum atomic E-state index is 12.2. The molecule has 0 bridgehead atoms. The van der Waals surface area contributed by atoms with Crippen LogP contribution in [0.1, 0.15) is 55.4 Å². The zero-order valence-corrected chi connectivity index (χ0v) is 15.3. The summed E-state index contributed by atoms with van der Waals surface area (Å²) in [5.41, 5.74) is 1.01. The van der Waals surface area contributed by atoms with Gasteiger partial charge in [-0.15, -0.1) is 0 Å². The largest absolute Gasteiger partial charge is 0.352 e. The van der Waals surface area contributed by atoms with Crippen molar-refractivity contribution < 1.29 is 4.79 Å². The molecule has 122 valence electrons. The van der Waals surface area contributed by atoms with Crippen LogP contribution in [0.15, 0.2) is 36.5 Å². The number of rotatable bonds is 7. The minimum Gasteiger partial charge on any atom is -0.352 e. The van der Waals surface area contributed by atoms with E-state index < -0.39 is 0 Å². The van der Waals surface area contributed by atoms with Gasteiger partial charge in [0.1, 0.15) is 0 Å². The van der Waals surface area contributed by atoms with Gasteiger partial charge in [0.05, 0.1) is 0 Å². The lowest BCUT2D eigenvalue weighted by molar-refractivity contribution is -0.128. The first-order chi connectivity index (χ1) is 9.77. The number of hydrogen-bond acceptors (Lipinski definition) is 1. The van der Waals surface area contributed by atoms with Gasteiger partial charge in [-0.2, -0.15) is 0 Å². The average molecular weight is 293 g/mol. The highest BCUT2D eigenvalue weighted by Crippen LogP contribution is 2.34. The summed E-state index contributed by atoms with van der Waals surface area (Å²) in [5, 5.41) is 2.99. The summed E-state index contributed by atoms with van der Waals surface area (Å²) < 4.78 is 0. The first-order valence-corrected chi connectivity index (χ1v) is 7.99. The van der Waals surface area contributed by atoms with Crippen LogP contribution in [0, 0.1) is 17.3 Å². The van der Waals surface area contributed by atoms with Crippen LogP contribution in [0.3, 0.4) is 0 Å². The normalized spacial score (nSPS) is 13.7. The fraction of sp³-hybridized carbons (Fsp3) is 0.632. The van der Waals surface area contributed by atoms with Gasteiger partial charge in [0.25, 0.3) is 0 Å². The molecule has 1 unspecified atom stereocenters. The minimum absolute atomic E-state index is 0.00847. The van der Waals surface area contributed by atoms with Gasteiger partial charge in [-0.1, -0.05) is 79.3 Å². The zero-order chi connectivity index (χ0) is 17.1. The first-order valence-electron chi connectivity index (χ1n) is 7.99. The Morgan fingerprint density at radius 2 is 1.76 bits per heavy atom. The maximum Gasteiger partial charge on any atom is 0.223 e. The highest BCUT2D eigenvalue weighted by molar-refractivity contribution is 5.79. The second-order valence-corrected chi connectivity index (χ2v) is 5.89. The van der Waals surface area contributed by atoms with Crippen molar-refractivity contribution in [1.82, 2.24) is 5.32 Å². The fourth-order valence-corrected chi connectivity index (χ4v) is 1.60. The zero-order valence-electron chi connectivity index (χ0n) is 15.3. The topological polar surface area (TPSA) is 29.1 Å². The first kappa shape index (κ1) is 22.0. The van der Waals surface area contributed by atoms with Crippen LogP contribution in [0.25, 0.3) is 0 Å². The standard InChI is InChI=1S/C17H29NO.C2H6/c1-8-10-11-15(9-2)12-18-16(19)14(5)17(6,7)13(3)4;1-2/h8-11,13-14H,2,12H2,1,3-7H3,(H,18,19);1-2H3/b10-8-,15-11+;. The number of amides is 1. The molecule has 2 nitrogen and oxygen atoms in total. The van der Waals surface area contributed by atoms with E-state index in [2.05, 4.69) is 39.6 Å². The Bertz CT molecular complexity index is 362. The Morgan fingerprint density at radius 1 is 1.24 bits per heavy atom. The molecular weight excluding hydrogens is 258 g/mol. The molecule has 21 heavy (non-hydrogen) atoms. The van der Waals surface area contributed by atoms with Gasteiger partial charge in [0, 0.05) is 12.5 Å². The van der Waals surface area contributed by atoms with E-state index in [1.54, 1.807) is 6.08 Å². The molecule has 2 heteroatoms. The molecule has 0 aliphatic heterocycles. The third kappa shape index (κ3) is 7.89. The third-order valence-electron chi connectivity index (χ3n) is 4.23. The van der Waals surface area contributed by atoms with E-state index in [-0.39, 0.29) is 17.2 Å². The molecular formula is C19H35NO. The molecule has 0 aliphatic carbocycles. The minimum atomic E-state index is -0.0136. The van der Waals surface area contributed by atoms with Crippen molar-refractivity contribution in [2.24, 2.45) is 17.3 Å². The van der Waals surface area contributed by atoms with E-state index in [0.717, 1.165) is 5.57 Å². The molecule has 0 aromatic rings. The average Bonchev–Trinajstić information content (AvgIpc) is 2.48. The molecule has 0 fully saturated rings. The highest BCUT2D eigenvalue weighted by Gasteiger charge is 2.33. The van der Waals surface area contributed by atoms with Crippen molar-refractivity contribution in [2.45, 2.75) is 55.4 Å². The number of carbonyl (C=O) groups excluding carboxylic acids is 1. The Hall–Kier alpha value is -1.31. The van der Waals surface area contributed by atoms with E-state index in [1.165, 1.54) is 0 Å². The van der Waals surface area contributed by atoms with Gasteiger partial charge in [-0.3, -0.25) is 4.79 Å². The number of allylic oxidation sites excluding steroid dienone is 3. The lowest BCUT2D eigenvalue weighted by Crippen LogP contribution is -2.40. The van der Waals surface area contributed by atoms with Gasteiger partial charge in [0.15, 0.2) is 0 Å². The van der Waals surface area contributed by atoms with Crippen LogP contribution in [0.5, 0.6) is 0 Å². The third-order valence-corrected chi connectivity index (χ3v) is 4.23. The molecule has 0 radical (unpaired) electrons. The second kappa shape index (κ2) is 11.4. The Kier molecular flexibility index (Phi) is 11.9. The molecule has 1 atom stereocenters. The summed E-state index contributed by atoms with van der Waals surface area (Å²) in [5.74, 6) is 0.554. The van der Waals surface area contributed by atoms with Crippen LogP contribution in [0.2, 0.25) is 0 Å². The van der Waals surface area contributed by atoms with Crippen molar-refractivity contribution in [3.8, 4) is 0 Å². The van der Waals surface area contributed by atoms with E-state index in [0.29, 0.717) is 12.5 Å². The lowest BCUT2D eigenvalue weighted by Gasteiger charge is -2.34. The molecule has 0 spiro atoms. The van der Waals surface area contributed by atoms with Crippen LogP contribution >= 0.6 is 0 Å². The van der Waals surface area contributed by atoms with Gasteiger partial charge in [0.2, 0.25) is 5.91 Å². The SMILES string of the molecule is C=C/C(=C\C=C/C)CNC(=O)C(C)C(C)(C)C(C)C.CC. The molecule has 0 aromatic carbocycles. The monoisotopic (exact) mass is 293 g/mol. The molecule has 0 saturated carbocycles. The van der Waals surface area contributed by atoms with Gasteiger partial charge >= 0.3 is 0 Å². The summed E-state index contributed by atoms with van der Waals surface area (Å²) in [7, 11) is 0. The van der Waals surface area contributed by atoms with Crippen LogP contribution in [-0.4, -0.2) is 12.5 Å². The summed E-state index contributed by atoms with van der Waals surface area (Å²) in [6.45, 7) is 20.9. The van der Waals surface area contributed by atoms with Crippen molar-refractivity contribution >= 4 is 5.91 Å². The van der Waals surface area contributed by atoms with Crippen LogP contribution in [-0.2, 0) is 4.79 Å². The van der Waals surface area contributed by atoms with Crippen LogP contribution < -0.4 is 5.32 Å². The van der Waals surface area contributed by atoms with Crippen molar-refractivity contribution in [1.29, 1.82) is 0 Å². The van der Waals surface area contributed by atoms with Crippen molar-refractivity contribution in [2.75, 3.05) is 6.54 Å². The Balaban J connectivity index is 0. The van der Waals surface area contributed by atoms with E-state index in [1.807, 2.05) is 45.9 Å². The highest BCUT2D eigenvalue weighted by atomic mass is 16.1.